The van der Waals surface area contributed by atoms with Crippen LogP contribution in [0.15, 0.2) is 33.9 Å². The number of nitrogens with zero attached hydrogens (tertiary/aromatic N) is 2. The van der Waals surface area contributed by atoms with E-state index in [1.54, 1.807) is 13.1 Å². The molecule has 2 rings (SSSR count). The maximum atomic E-state index is 11.8. The van der Waals surface area contributed by atoms with Crippen molar-refractivity contribution in [3.63, 3.8) is 0 Å². The third-order valence-corrected chi connectivity index (χ3v) is 3.45. The summed E-state index contributed by atoms with van der Waals surface area (Å²) in [6, 6.07) is 6.82. The smallest absolute Gasteiger partial charge is 0.330 e. The van der Waals surface area contributed by atoms with E-state index in [1.165, 1.54) is 17.7 Å². The predicted molar refractivity (Wildman–Crippen MR) is 77.4 cm³/mol. The minimum absolute atomic E-state index is 0.104. The molecule has 0 aliphatic rings. The molecule has 0 atom stereocenters. The van der Waals surface area contributed by atoms with Crippen LogP contribution in [0.3, 0.4) is 0 Å². The molecule has 5 nitrogen and oxygen atoms in total. The van der Waals surface area contributed by atoms with Gasteiger partial charge >= 0.3 is 5.69 Å². The van der Waals surface area contributed by atoms with Gasteiger partial charge in [0.25, 0.3) is 5.56 Å². The van der Waals surface area contributed by atoms with E-state index in [0.717, 1.165) is 10.1 Å². The molecule has 0 N–H and O–H groups in total. The van der Waals surface area contributed by atoms with Gasteiger partial charge in [0.2, 0.25) is 0 Å². The van der Waals surface area contributed by atoms with Gasteiger partial charge in [-0.15, -0.1) is 0 Å². The monoisotopic (exact) mass is 294 g/mol. The van der Waals surface area contributed by atoms with E-state index in [-0.39, 0.29) is 17.9 Å². The maximum absolute atomic E-state index is 11.8. The molecule has 6 heteroatoms. The van der Waals surface area contributed by atoms with Gasteiger partial charge < -0.3 is 4.74 Å². The van der Waals surface area contributed by atoms with Gasteiger partial charge in [-0.3, -0.25) is 13.9 Å². The lowest BCUT2D eigenvalue weighted by molar-refractivity contribution is 0.292. The van der Waals surface area contributed by atoms with Crippen molar-refractivity contribution in [3.8, 4) is 5.75 Å². The summed E-state index contributed by atoms with van der Waals surface area (Å²) in [6.07, 6.45) is 0. The quantitative estimate of drug-likeness (QED) is 0.864. The minimum atomic E-state index is -0.382. The second-order valence-corrected chi connectivity index (χ2v) is 4.96. The van der Waals surface area contributed by atoms with Crippen molar-refractivity contribution in [3.05, 3.63) is 61.4 Å². The van der Waals surface area contributed by atoms with Crippen LogP contribution in [0.2, 0.25) is 5.02 Å². The van der Waals surface area contributed by atoms with Crippen LogP contribution in [0.1, 0.15) is 11.3 Å². The molecular weight excluding hydrogens is 280 g/mol. The first kappa shape index (κ1) is 14.4. The Hall–Kier alpha value is -2.01. The Morgan fingerprint density at radius 1 is 1.20 bits per heavy atom. The number of hydrogen-bond donors (Lipinski definition) is 0. The molecule has 1 aromatic heterocycles. The molecule has 106 valence electrons. The lowest BCUT2D eigenvalue weighted by atomic mass is 10.2. The average molecular weight is 295 g/mol. The van der Waals surface area contributed by atoms with Gasteiger partial charge in [-0.25, -0.2) is 4.79 Å². The molecule has 0 spiro atoms. The van der Waals surface area contributed by atoms with Crippen LogP contribution in [-0.2, 0) is 20.7 Å². The number of para-hydroxylation sites is 1. The fourth-order valence-electron chi connectivity index (χ4n) is 1.86. The zero-order chi connectivity index (χ0) is 14.9. The van der Waals surface area contributed by atoms with E-state index >= 15 is 0 Å². The molecule has 20 heavy (non-hydrogen) atoms. The average Bonchev–Trinajstić information content (AvgIpc) is 2.41. The Labute approximate surface area is 121 Å². The molecule has 0 unspecified atom stereocenters. The summed E-state index contributed by atoms with van der Waals surface area (Å²) in [6.45, 7) is 1.98. The van der Waals surface area contributed by atoms with Gasteiger partial charge in [-0.05, 0) is 18.6 Å². The minimum Gasteiger partial charge on any atom is -0.486 e. The van der Waals surface area contributed by atoms with Crippen molar-refractivity contribution in [2.75, 3.05) is 0 Å². The molecule has 0 aliphatic carbocycles. The summed E-state index contributed by atoms with van der Waals surface area (Å²) in [4.78, 5) is 23.4. The van der Waals surface area contributed by atoms with Crippen molar-refractivity contribution in [1.29, 1.82) is 0 Å². The Morgan fingerprint density at radius 2 is 1.90 bits per heavy atom. The third-order valence-electron chi connectivity index (χ3n) is 3.15. The number of halogens is 1. The fourth-order valence-corrected chi connectivity index (χ4v) is 2.14. The Morgan fingerprint density at radius 3 is 2.55 bits per heavy atom. The van der Waals surface area contributed by atoms with Crippen molar-refractivity contribution in [2.45, 2.75) is 13.5 Å². The molecule has 0 aliphatic heterocycles. The zero-order valence-electron chi connectivity index (χ0n) is 11.5. The highest BCUT2D eigenvalue weighted by Gasteiger charge is 2.09. The van der Waals surface area contributed by atoms with E-state index in [9.17, 15) is 9.59 Å². The molecule has 0 radical (unpaired) electrons. The van der Waals surface area contributed by atoms with Gasteiger partial charge in [0.05, 0.1) is 10.7 Å². The fraction of sp³-hybridized carbons (Fsp3) is 0.286. The first-order chi connectivity index (χ1) is 9.41. The summed E-state index contributed by atoms with van der Waals surface area (Å²) in [7, 11) is 3.04. The highest BCUT2D eigenvalue weighted by molar-refractivity contribution is 6.32. The van der Waals surface area contributed by atoms with Gasteiger partial charge in [0.1, 0.15) is 12.4 Å². The summed E-state index contributed by atoms with van der Waals surface area (Å²) in [5.41, 5.74) is 0.651. The third kappa shape index (κ3) is 2.63. The van der Waals surface area contributed by atoms with Gasteiger partial charge in [-0.2, -0.15) is 0 Å². The zero-order valence-corrected chi connectivity index (χ0v) is 12.3. The molecule has 0 saturated heterocycles. The summed E-state index contributed by atoms with van der Waals surface area (Å²) in [5, 5.41) is 0.499. The predicted octanol–water partition coefficient (Wildman–Crippen LogP) is 1.62. The number of hydrogen-bond acceptors (Lipinski definition) is 3. The van der Waals surface area contributed by atoms with Crippen LogP contribution in [-0.4, -0.2) is 9.13 Å². The lowest BCUT2D eigenvalue weighted by Gasteiger charge is -2.13. The van der Waals surface area contributed by atoms with E-state index in [1.807, 2.05) is 19.1 Å². The number of aryl methyl sites for hydroxylation is 1. The molecule has 0 amide bonds. The summed E-state index contributed by atoms with van der Waals surface area (Å²) >= 11 is 6.06. The molecule has 0 bridgehead atoms. The van der Waals surface area contributed by atoms with Crippen LogP contribution in [0, 0.1) is 6.92 Å². The number of ether oxygens (including phenoxy) is 1. The van der Waals surface area contributed by atoms with Crippen LogP contribution in [0.25, 0.3) is 0 Å². The maximum Gasteiger partial charge on any atom is 0.330 e. The Kier molecular flexibility index (Phi) is 3.99. The molecule has 0 fully saturated rings. The Bertz CT molecular complexity index is 742. The molecular formula is C14H15ClN2O3. The first-order valence-electron chi connectivity index (χ1n) is 6.05. The van der Waals surface area contributed by atoms with Crippen molar-refractivity contribution in [2.24, 2.45) is 14.1 Å². The van der Waals surface area contributed by atoms with Gasteiger partial charge in [-0.1, -0.05) is 23.7 Å². The topological polar surface area (TPSA) is 53.2 Å². The number of benzene rings is 1. The molecule has 1 heterocycles. The van der Waals surface area contributed by atoms with E-state index in [0.29, 0.717) is 16.5 Å². The van der Waals surface area contributed by atoms with Crippen LogP contribution < -0.4 is 16.0 Å². The lowest BCUT2D eigenvalue weighted by Crippen LogP contribution is -2.38. The number of rotatable bonds is 3. The first-order valence-corrected chi connectivity index (χ1v) is 6.43. The number of aromatic nitrogens is 2. The Balaban J connectivity index is 2.33. The van der Waals surface area contributed by atoms with Crippen LogP contribution in [0.4, 0.5) is 0 Å². The SMILES string of the molecule is Cc1cccc(Cl)c1OCc1cc(=O)n(C)c(=O)n1C. The van der Waals surface area contributed by atoms with Crippen LogP contribution in [0.5, 0.6) is 5.75 Å². The molecule has 2 aromatic rings. The van der Waals surface area contributed by atoms with Crippen molar-refractivity contribution in [1.82, 2.24) is 9.13 Å². The summed E-state index contributed by atoms with van der Waals surface area (Å²) in [5.74, 6) is 0.558. The second kappa shape index (κ2) is 5.54. The summed E-state index contributed by atoms with van der Waals surface area (Å²) < 4.78 is 8.07. The van der Waals surface area contributed by atoms with E-state index < -0.39 is 0 Å². The van der Waals surface area contributed by atoms with Gasteiger partial charge in [0, 0.05) is 20.2 Å². The largest absolute Gasteiger partial charge is 0.486 e. The normalized spacial score (nSPS) is 10.6. The molecule has 0 saturated carbocycles. The highest BCUT2D eigenvalue weighted by Crippen LogP contribution is 2.28. The van der Waals surface area contributed by atoms with Crippen molar-refractivity contribution < 1.29 is 4.74 Å². The van der Waals surface area contributed by atoms with Crippen LogP contribution >= 0.6 is 11.6 Å². The molecule has 1 aromatic carbocycles. The highest BCUT2D eigenvalue weighted by atomic mass is 35.5. The van der Waals surface area contributed by atoms with Crippen molar-refractivity contribution >= 4 is 11.6 Å². The van der Waals surface area contributed by atoms with Gasteiger partial charge in [0.15, 0.2) is 0 Å². The second-order valence-electron chi connectivity index (χ2n) is 4.55. The van der Waals surface area contributed by atoms with E-state index in [2.05, 4.69) is 0 Å². The standard InChI is InChI=1S/C14H15ClN2O3/c1-9-5-4-6-11(15)13(9)20-8-10-7-12(18)17(3)14(19)16(10)2/h4-7H,8H2,1-3H3. The van der Waals surface area contributed by atoms with E-state index in [4.69, 9.17) is 16.3 Å².